The molecule has 0 spiro atoms. The Kier molecular flexibility index (Phi) is 3.18. The molecular formula is C16H16F2N4O. The fraction of sp³-hybridized carbons (Fsp3) is 0.438. The van der Waals surface area contributed by atoms with Gasteiger partial charge >= 0.3 is 0 Å². The first-order valence-corrected chi connectivity index (χ1v) is 7.61. The molecule has 2 aliphatic rings. The molecule has 7 heteroatoms. The number of halogens is 2. The van der Waals surface area contributed by atoms with E-state index in [0.717, 1.165) is 5.69 Å². The minimum atomic E-state index is -2.34. The van der Waals surface area contributed by atoms with Gasteiger partial charge in [0.05, 0.1) is 29.4 Å². The van der Waals surface area contributed by atoms with Gasteiger partial charge in [-0.05, 0) is 24.5 Å². The van der Waals surface area contributed by atoms with Crippen molar-refractivity contribution in [2.24, 2.45) is 11.3 Å². The Hall–Kier alpha value is -2.31. The largest absolute Gasteiger partial charge is 0.341 e. The van der Waals surface area contributed by atoms with Crippen molar-refractivity contribution in [3.8, 4) is 5.69 Å². The van der Waals surface area contributed by atoms with E-state index in [9.17, 15) is 13.6 Å². The van der Waals surface area contributed by atoms with Crippen molar-refractivity contribution < 1.29 is 13.6 Å². The van der Waals surface area contributed by atoms with Crippen molar-refractivity contribution in [3.05, 3.63) is 42.2 Å². The minimum Gasteiger partial charge on any atom is -0.341 e. The summed E-state index contributed by atoms with van der Waals surface area (Å²) in [6.07, 6.45) is -0.161. The van der Waals surface area contributed by atoms with Crippen LogP contribution in [0.4, 0.5) is 8.78 Å². The molecule has 0 radical (unpaired) electrons. The fourth-order valence-electron chi connectivity index (χ4n) is 3.38. The fourth-order valence-corrected chi connectivity index (χ4v) is 3.38. The number of hydrogen-bond donors (Lipinski definition) is 0. The number of likely N-dealkylation sites (tertiary alicyclic amines) is 1. The summed E-state index contributed by atoms with van der Waals surface area (Å²) < 4.78 is 26.1. The standard InChI is InChI=1S/C16H16F2N4O/c17-15(18)16-7-11(16)9-21(10-16)14(23)6-12-8-19-22(20-12)13-4-2-1-3-5-13/h1-5,8,11,15H,6-7,9-10H2. The van der Waals surface area contributed by atoms with Gasteiger partial charge in [0.1, 0.15) is 0 Å². The number of para-hydroxylation sites is 1. The van der Waals surface area contributed by atoms with Gasteiger partial charge in [0, 0.05) is 13.1 Å². The number of amides is 1. The lowest BCUT2D eigenvalue weighted by Crippen LogP contribution is -2.34. The third-order valence-electron chi connectivity index (χ3n) is 4.85. The van der Waals surface area contributed by atoms with Crippen molar-refractivity contribution in [2.45, 2.75) is 19.3 Å². The molecule has 2 unspecified atom stereocenters. The van der Waals surface area contributed by atoms with E-state index in [0.29, 0.717) is 18.7 Å². The number of carbonyl (C=O) groups excluding carboxylic acids is 1. The summed E-state index contributed by atoms with van der Waals surface area (Å²) >= 11 is 0. The highest BCUT2D eigenvalue weighted by Crippen LogP contribution is 2.61. The Morgan fingerprint density at radius 3 is 2.83 bits per heavy atom. The zero-order valence-corrected chi connectivity index (χ0v) is 12.4. The van der Waals surface area contributed by atoms with Crippen molar-refractivity contribution in [2.75, 3.05) is 13.1 Å². The molecule has 23 heavy (non-hydrogen) atoms. The van der Waals surface area contributed by atoms with Crippen LogP contribution in [0.1, 0.15) is 12.1 Å². The number of carbonyl (C=O) groups is 1. The predicted molar refractivity (Wildman–Crippen MR) is 78.2 cm³/mol. The molecule has 1 aromatic carbocycles. The van der Waals surface area contributed by atoms with Gasteiger partial charge < -0.3 is 4.90 Å². The molecule has 2 heterocycles. The summed E-state index contributed by atoms with van der Waals surface area (Å²) in [6, 6.07) is 9.39. The van der Waals surface area contributed by atoms with Crippen LogP contribution >= 0.6 is 0 Å². The first-order chi connectivity index (χ1) is 11.1. The van der Waals surface area contributed by atoms with Crippen LogP contribution in [0, 0.1) is 11.3 Å². The summed E-state index contributed by atoms with van der Waals surface area (Å²) in [5.41, 5.74) is 0.424. The van der Waals surface area contributed by atoms with Crippen LogP contribution in [0.3, 0.4) is 0 Å². The number of aromatic nitrogens is 3. The topological polar surface area (TPSA) is 51.0 Å². The van der Waals surface area contributed by atoms with Gasteiger partial charge in [-0.2, -0.15) is 15.0 Å². The van der Waals surface area contributed by atoms with Gasteiger partial charge in [-0.15, -0.1) is 0 Å². The molecule has 1 saturated heterocycles. The smallest absolute Gasteiger partial charge is 0.246 e. The van der Waals surface area contributed by atoms with Crippen molar-refractivity contribution in [3.63, 3.8) is 0 Å². The quantitative estimate of drug-likeness (QED) is 0.865. The third-order valence-corrected chi connectivity index (χ3v) is 4.85. The second-order valence-corrected chi connectivity index (χ2v) is 6.35. The van der Waals surface area contributed by atoms with Crippen LogP contribution < -0.4 is 0 Å². The van der Waals surface area contributed by atoms with Crippen LogP contribution in [0.5, 0.6) is 0 Å². The molecule has 120 valence electrons. The maximum atomic E-state index is 13.1. The SMILES string of the molecule is O=C(Cc1cnn(-c2ccccc2)n1)N1CC2CC2(C(F)F)C1. The van der Waals surface area contributed by atoms with E-state index in [-0.39, 0.29) is 24.8 Å². The molecule has 1 amide bonds. The molecule has 1 aromatic heterocycles. The number of nitrogens with zero attached hydrogens (tertiary/aromatic N) is 4. The first kappa shape index (κ1) is 14.3. The number of fused-ring (bicyclic) bond motifs is 1. The second-order valence-electron chi connectivity index (χ2n) is 6.35. The second kappa shape index (κ2) is 5.11. The van der Waals surface area contributed by atoms with Gasteiger partial charge in [-0.25, -0.2) is 8.78 Å². The van der Waals surface area contributed by atoms with E-state index >= 15 is 0 Å². The van der Waals surface area contributed by atoms with Gasteiger partial charge in [-0.3, -0.25) is 4.79 Å². The number of alkyl halides is 2. The average Bonchev–Trinajstić information content (AvgIpc) is 2.92. The average molecular weight is 318 g/mol. The van der Waals surface area contributed by atoms with E-state index in [1.54, 1.807) is 11.1 Å². The lowest BCUT2D eigenvalue weighted by molar-refractivity contribution is -0.130. The molecule has 1 aliphatic carbocycles. The van der Waals surface area contributed by atoms with E-state index < -0.39 is 11.8 Å². The summed E-state index contributed by atoms with van der Waals surface area (Å²) in [5, 5.41) is 8.43. The van der Waals surface area contributed by atoms with Gasteiger partial charge in [0.25, 0.3) is 0 Å². The summed E-state index contributed by atoms with van der Waals surface area (Å²) in [5.74, 6) is -0.191. The summed E-state index contributed by atoms with van der Waals surface area (Å²) in [4.78, 5) is 15.3. The Labute approximate surface area is 131 Å². The lowest BCUT2D eigenvalue weighted by atomic mass is 10.1. The number of rotatable bonds is 4. The third kappa shape index (κ3) is 2.40. The number of hydrogen-bond acceptors (Lipinski definition) is 3. The molecule has 4 rings (SSSR count). The van der Waals surface area contributed by atoms with Crippen LogP contribution in [0.2, 0.25) is 0 Å². The Morgan fingerprint density at radius 1 is 1.35 bits per heavy atom. The molecule has 1 aliphatic heterocycles. The van der Waals surface area contributed by atoms with E-state index in [1.165, 1.54) is 4.80 Å². The zero-order chi connectivity index (χ0) is 16.0. The predicted octanol–water partition coefficient (Wildman–Crippen LogP) is 1.92. The monoisotopic (exact) mass is 318 g/mol. The lowest BCUT2D eigenvalue weighted by Gasteiger charge is -2.20. The normalized spacial score (nSPS) is 25.7. The van der Waals surface area contributed by atoms with Crippen molar-refractivity contribution >= 4 is 5.91 Å². The summed E-state index contributed by atoms with van der Waals surface area (Å²) in [7, 11) is 0. The zero-order valence-electron chi connectivity index (χ0n) is 12.4. The highest BCUT2D eigenvalue weighted by Gasteiger charge is 2.66. The van der Waals surface area contributed by atoms with Crippen LogP contribution in [-0.2, 0) is 11.2 Å². The summed E-state index contributed by atoms with van der Waals surface area (Å²) in [6.45, 7) is 0.608. The Balaban J connectivity index is 1.42. The number of piperidine rings is 1. The Bertz CT molecular complexity index is 733. The first-order valence-electron chi connectivity index (χ1n) is 7.61. The van der Waals surface area contributed by atoms with Crippen molar-refractivity contribution in [1.29, 1.82) is 0 Å². The molecule has 0 bridgehead atoms. The highest BCUT2D eigenvalue weighted by molar-refractivity contribution is 5.79. The molecule has 2 atom stereocenters. The molecule has 5 nitrogen and oxygen atoms in total. The van der Waals surface area contributed by atoms with Crippen LogP contribution in [0.25, 0.3) is 5.69 Å². The van der Waals surface area contributed by atoms with Crippen LogP contribution in [-0.4, -0.2) is 45.3 Å². The molecular weight excluding hydrogens is 302 g/mol. The van der Waals surface area contributed by atoms with Gasteiger partial charge in [0.2, 0.25) is 12.3 Å². The van der Waals surface area contributed by atoms with Gasteiger partial charge in [-0.1, -0.05) is 18.2 Å². The highest BCUT2D eigenvalue weighted by atomic mass is 19.3. The van der Waals surface area contributed by atoms with E-state index in [1.807, 2.05) is 30.3 Å². The maximum Gasteiger partial charge on any atom is 0.246 e. The molecule has 2 aromatic rings. The maximum absolute atomic E-state index is 13.1. The van der Waals surface area contributed by atoms with E-state index in [2.05, 4.69) is 10.2 Å². The molecule has 0 N–H and O–H groups in total. The van der Waals surface area contributed by atoms with Crippen molar-refractivity contribution in [1.82, 2.24) is 19.9 Å². The van der Waals surface area contributed by atoms with Gasteiger partial charge in [0.15, 0.2) is 0 Å². The van der Waals surface area contributed by atoms with Crippen LogP contribution in [0.15, 0.2) is 36.5 Å². The molecule has 1 saturated carbocycles. The minimum absolute atomic E-state index is 0.0357. The molecule has 2 fully saturated rings. The number of benzene rings is 1. The van der Waals surface area contributed by atoms with E-state index in [4.69, 9.17) is 0 Å². The Morgan fingerprint density at radius 2 is 2.13 bits per heavy atom.